The predicted molar refractivity (Wildman–Crippen MR) is 84.7 cm³/mol. The lowest BCUT2D eigenvalue weighted by Gasteiger charge is -2.19. The van der Waals surface area contributed by atoms with E-state index in [2.05, 4.69) is 46.6 Å². The van der Waals surface area contributed by atoms with Gasteiger partial charge in [-0.05, 0) is 42.4 Å². The Hall–Kier alpha value is -2.00. The van der Waals surface area contributed by atoms with Crippen molar-refractivity contribution < 1.29 is 4.74 Å². The topological polar surface area (TPSA) is 24.5 Å². The lowest BCUT2D eigenvalue weighted by molar-refractivity contribution is 0.414. The molecule has 2 rings (SSSR count). The molecule has 3 nitrogen and oxygen atoms in total. The third kappa shape index (κ3) is 3.11. The molecule has 0 aliphatic heterocycles. The second-order valence-electron chi connectivity index (χ2n) is 4.98. The molecular formula is C17H22N2O. The maximum absolute atomic E-state index is 5.30. The Balaban J connectivity index is 2.31. The minimum Gasteiger partial charge on any atom is -0.497 e. The van der Waals surface area contributed by atoms with Crippen LogP contribution < -0.4 is 15.0 Å². The minimum absolute atomic E-state index is 0.168. The SMILES string of the molecule is CNC(c1ccc(N(C)C)cc1)c1cccc(OC)c1. The van der Waals surface area contributed by atoms with Crippen molar-refractivity contribution in [2.24, 2.45) is 0 Å². The molecular weight excluding hydrogens is 248 g/mol. The predicted octanol–water partition coefficient (Wildman–Crippen LogP) is 3.07. The average molecular weight is 270 g/mol. The van der Waals surface area contributed by atoms with Crippen molar-refractivity contribution in [1.29, 1.82) is 0 Å². The van der Waals surface area contributed by atoms with Crippen molar-refractivity contribution in [2.45, 2.75) is 6.04 Å². The fourth-order valence-corrected chi connectivity index (χ4v) is 2.31. The Labute approximate surface area is 121 Å². The Morgan fingerprint density at radius 2 is 1.70 bits per heavy atom. The van der Waals surface area contributed by atoms with E-state index in [4.69, 9.17) is 4.74 Å². The molecule has 0 heterocycles. The van der Waals surface area contributed by atoms with Gasteiger partial charge in [0.25, 0.3) is 0 Å². The molecule has 1 unspecified atom stereocenters. The van der Waals surface area contributed by atoms with E-state index in [1.807, 2.05) is 33.3 Å². The zero-order valence-corrected chi connectivity index (χ0v) is 12.6. The Bertz CT molecular complexity index is 549. The fourth-order valence-electron chi connectivity index (χ4n) is 2.31. The molecule has 2 aromatic carbocycles. The fraction of sp³-hybridized carbons (Fsp3) is 0.294. The summed E-state index contributed by atoms with van der Waals surface area (Å²) in [6.45, 7) is 0. The standard InChI is InChI=1S/C17H22N2O/c1-18-17(14-6-5-7-16(12-14)20-4)13-8-10-15(11-9-13)19(2)3/h5-12,17-18H,1-4H3. The smallest absolute Gasteiger partial charge is 0.119 e. The van der Waals surface area contributed by atoms with Gasteiger partial charge in [-0.3, -0.25) is 0 Å². The molecule has 0 aliphatic rings. The van der Waals surface area contributed by atoms with Gasteiger partial charge in [-0.1, -0.05) is 24.3 Å². The van der Waals surface area contributed by atoms with Crippen LogP contribution in [0.3, 0.4) is 0 Å². The van der Waals surface area contributed by atoms with E-state index in [0.29, 0.717) is 0 Å². The molecule has 20 heavy (non-hydrogen) atoms. The zero-order valence-electron chi connectivity index (χ0n) is 12.6. The van der Waals surface area contributed by atoms with Crippen molar-refractivity contribution in [2.75, 3.05) is 33.2 Å². The first-order chi connectivity index (χ1) is 9.65. The summed E-state index contributed by atoms with van der Waals surface area (Å²) in [6.07, 6.45) is 0. The van der Waals surface area contributed by atoms with Crippen LogP contribution in [0.5, 0.6) is 5.75 Å². The molecule has 1 N–H and O–H groups in total. The van der Waals surface area contributed by atoms with Gasteiger partial charge in [0.2, 0.25) is 0 Å². The highest BCUT2D eigenvalue weighted by atomic mass is 16.5. The van der Waals surface area contributed by atoms with Gasteiger partial charge in [-0.25, -0.2) is 0 Å². The summed E-state index contributed by atoms with van der Waals surface area (Å²) >= 11 is 0. The molecule has 0 amide bonds. The van der Waals surface area contributed by atoms with Crippen LogP contribution in [0, 0.1) is 0 Å². The van der Waals surface area contributed by atoms with Gasteiger partial charge in [-0.15, -0.1) is 0 Å². The quantitative estimate of drug-likeness (QED) is 0.903. The Morgan fingerprint density at radius 3 is 2.25 bits per heavy atom. The summed E-state index contributed by atoms with van der Waals surface area (Å²) in [6, 6.07) is 16.9. The van der Waals surface area contributed by atoms with E-state index in [9.17, 15) is 0 Å². The van der Waals surface area contributed by atoms with E-state index in [1.54, 1.807) is 7.11 Å². The van der Waals surface area contributed by atoms with Crippen LogP contribution in [0.15, 0.2) is 48.5 Å². The van der Waals surface area contributed by atoms with Crippen LogP contribution in [-0.2, 0) is 0 Å². The van der Waals surface area contributed by atoms with Crippen LogP contribution in [0.4, 0.5) is 5.69 Å². The van der Waals surface area contributed by atoms with Gasteiger partial charge in [0.05, 0.1) is 13.2 Å². The maximum Gasteiger partial charge on any atom is 0.119 e. The summed E-state index contributed by atoms with van der Waals surface area (Å²) in [7, 11) is 7.77. The molecule has 3 heteroatoms. The first kappa shape index (κ1) is 14.4. The van der Waals surface area contributed by atoms with E-state index in [1.165, 1.54) is 16.8 Å². The second-order valence-corrected chi connectivity index (χ2v) is 4.98. The Kier molecular flexibility index (Phi) is 4.64. The van der Waals surface area contributed by atoms with Gasteiger partial charge < -0.3 is 15.0 Å². The van der Waals surface area contributed by atoms with Crippen molar-refractivity contribution in [3.8, 4) is 5.75 Å². The van der Waals surface area contributed by atoms with Crippen molar-refractivity contribution in [3.63, 3.8) is 0 Å². The Morgan fingerprint density at radius 1 is 1.00 bits per heavy atom. The van der Waals surface area contributed by atoms with Gasteiger partial charge in [0, 0.05) is 19.8 Å². The molecule has 0 spiro atoms. The third-order valence-corrected chi connectivity index (χ3v) is 3.46. The number of ether oxygens (including phenoxy) is 1. The van der Waals surface area contributed by atoms with E-state index in [-0.39, 0.29) is 6.04 Å². The molecule has 0 aliphatic carbocycles. The molecule has 0 fully saturated rings. The summed E-state index contributed by atoms with van der Waals surface area (Å²) in [5.41, 5.74) is 3.64. The molecule has 106 valence electrons. The van der Waals surface area contributed by atoms with Crippen LogP contribution in [0.1, 0.15) is 17.2 Å². The molecule has 2 aromatic rings. The van der Waals surface area contributed by atoms with E-state index < -0.39 is 0 Å². The highest BCUT2D eigenvalue weighted by molar-refractivity contribution is 5.48. The van der Waals surface area contributed by atoms with Gasteiger partial charge >= 0.3 is 0 Å². The van der Waals surface area contributed by atoms with Crippen molar-refractivity contribution >= 4 is 5.69 Å². The summed E-state index contributed by atoms with van der Waals surface area (Å²) in [5, 5.41) is 3.37. The molecule has 0 bridgehead atoms. The van der Waals surface area contributed by atoms with Crippen LogP contribution in [0.25, 0.3) is 0 Å². The normalized spacial score (nSPS) is 12.0. The van der Waals surface area contributed by atoms with Crippen LogP contribution in [-0.4, -0.2) is 28.3 Å². The van der Waals surface area contributed by atoms with Gasteiger partial charge in [0.1, 0.15) is 5.75 Å². The monoisotopic (exact) mass is 270 g/mol. The third-order valence-electron chi connectivity index (χ3n) is 3.46. The maximum atomic E-state index is 5.30. The number of hydrogen-bond acceptors (Lipinski definition) is 3. The summed E-state index contributed by atoms with van der Waals surface area (Å²) < 4.78 is 5.30. The van der Waals surface area contributed by atoms with Crippen LogP contribution >= 0.6 is 0 Å². The lowest BCUT2D eigenvalue weighted by Crippen LogP contribution is -2.18. The highest BCUT2D eigenvalue weighted by Gasteiger charge is 2.12. The summed E-state index contributed by atoms with van der Waals surface area (Å²) in [4.78, 5) is 2.10. The molecule has 0 aromatic heterocycles. The number of rotatable bonds is 5. The number of nitrogens with zero attached hydrogens (tertiary/aromatic N) is 1. The first-order valence-electron chi connectivity index (χ1n) is 6.74. The molecule has 0 radical (unpaired) electrons. The van der Waals surface area contributed by atoms with E-state index >= 15 is 0 Å². The summed E-state index contributed by atoms with van der Waals surface area (Å²) in [5.74, 6) is 0.882. The number of hydrogen-bond donors (Lipinski definition) is 1. The number of anilines is 1. The zero-order chi connectivity index (χ0) is 14.5. The van der Waals surface area contributed by atoms with Gasteiger partial charge in [-0.2, -0.15) is 0 Å². The molecule has 0 saturated carbocycles. The largest absolute Gasteiger partial charge is 0.497 e. The number of methoxy groups -OCH3 is 1. The van der Waals surface area contributed by atoms with E-state index in [0.717, 1.165) is 5.75 Å². The first-order valence-corrected chi connectivity index (χ1v) is 6.74. The van der Waals surface area contributed by atoms with Crippen LogP contribution in [0.2, 0.25) is 0 Å². The average Bonchev–Trinajstić information content (AvgIpc) is 2.49. The number of benzene rings is 2. The second kappa shape index (κ2) is 6.44. The highest BCUT2D eigenvalue weighted by Crippen LogP contribution is 2.26. The van der Waals surface area contributed by atoms with Crippen molar-refractivity contribution in [1.82, 2.24) is 5.32 Å². The minimum atomic E-state index is 0.168. The van der Waals surface area contributed by atoms with Gasteiger partial charge in [0.15, 0.2) is 0 Å². The molecule has 1 atom stereocenters. The lowest BCUT2D eigenvalue weighted by atomic mass is 9.98. The number of nitrogens with one attached hydrogen (secondary N) is 1. The molecule has 0 saturated heterocycles. The van der Waals surface area contributed by atoms with Crippen molar-refractivity contribution in [3.05, 3.63) is 59.7 Å².